The Balaban J connectivity index is 1.54. The Morgan fingerprint density at radius 2 is 1.52 bits per heavy atom. The van der Waals surface area contributed by atoms with Crippen LogP contribution in [0, 0.1) is 0 Å². The number of carbonyl (C=O) groups excluding carboxylic acids is 1. The number of thiophene rings is 1. The first-order valence-electron chi connectivity index (χ1n) is 9.17. The van der Waals surface area contributed by atoms with Gasteiger partial charge in [0.15, 0.2) is 0 Å². The molecule has 0 saturated carbocycles. The van der Waals surface area contributed by atoms with Crippen LogP contribution in [0.2, 0.25) is 0 Å². The van der Waals surface area contributed by atoms with Gasteiger partial charge in [-0.2, -0.15) is 11.3 Å². The van der Waals surface area contributed by atoms with Crippen molar-refractivity contribution in [3.8, 4) is 22.7 Å². The summed E-state index contributed by atoms with van der Waals surface area (Å²) in [5, 5.41) is 9.18. The summed E-state index contributed by atoms with van der Waals surface area (Å²) in [4.78, 5) is 17.6. The summed E-state index contributed by atoms with van der Waals surface area (Å²) >= 11 is 1.62. The first-order chi connectivity index (χ1) is 14.3. The maximum absolute atomic E-state index is 12.9. The molecule has 0 radical (unpaired) electrons. The van der Waals surface area contributed by atoms with Crippen molar-refractivity contribution in [2.75, 3.05) is 5.32 Å². The third kappa shape index (κ3) is 3.44. The predicted octanol–water partition coefficient (Wildman–Crippen LogP) is 6.48. The normalized spacial score (nSPS) is 10.9. The third-order valence-electron chi connectivity index (χ3n) is 4.66. The minimum Gasteiger partial charge on any atom is -0.420 e. The van der Waals surface area contributed by atoms with Crippen molar-refractivity contribution in [1.29, 1.82) is 0 Å². The van der Waals surface area contributed by atoms with Gasteiger partial charge in [-0.05, 0) is 45.8 Å². The van der Waals surface area contributed by atoms with Crippen molar-refractivity contribution in [2.45, 2.75) is 0 Å². The smallest absolute Gasteiger partial charge is 0.258 e. The molecule has 2 aromatic heterocycles. The molecule has 29 heavy (non-hydrogen) atoms. The van der Waals surface area contributed by atoms with Crippen LogP contribution >= 0.6 is 11.3 Å². The van der Waals surface area contributed by atoms with Crippen molar-refractivity contribution in [3.63, 3.8) is 0 Å². The van der Waals surface area contributed by atoms with E-state index < -0.39 is 0 Å². The van der Waals surface area contributed by atoms with Gasteiger partial charge in [0.25, 0.3) is 5.91 Å². The quantitative estimate of drug-likeness (QED) is 0.378. The van der Waals surface area contributed by atoms with E-state index in [1.807, 2.05) is 84.2 Å². The van der Waals surface area contributed by atoms with Crippen LogP contribution in [-0.4, -0.2) is 10.9 Å². The molecule has 0 atom stereocenters. The molecular formula is C24H16N2O2S. The number of nitrogens with one attached hydrogen (secondary N) is 1. The van der Waals surface area contributed by atoms with Gasteiger partial charge in [-0.25, -0.2) is 4.98 Å². The predicted molar refractivity (Wildman–Crippen MR) is 117 cm³/mol. The van der Waals surface area contributed by atoms with Crippen molar-refractivity contribution in [1.82, 2.24) is 4.98 Å². The summed E-state index contributed by atoms with van der Waals surface area (Å²) in [6.45, 7) is 0. The van der Waals surface area contributed by atoms with Crippen LogP contribution in [0.5, 0.6) is 0 Å². The fourth-order valence-electron chi connectivity index (χ4n) is 3.18. The Morgan fingerprint density at radius 3 is 2.28 bits per heavy atom. The van der Waals surface area contributed by atoms with Gasteiger partial charge in [-0.15, -0.1) is 0 Å². The van der Waals surface area contributed by atoms with Crippen LogP contribution in [0.3, 0.4) is 0 Å². The summed E-state index contributed by atoms with van der Waals surface area (Å²) in [7, 11) is 0. The lowest BCUT2D eigenvalue weighted by Crippen LogP contribution is -2.11. The van der Waals surface area contributed by atoms with E-state index in [1.165, 1.54) is 0 Å². The standard InChI is InChI=1S/C24H16N2O2S/c27-22(18-11-12-19-14-29-15-20(19)13-18)26-24-21(16-7-3-1-4-8-16)25-23(28-24)17-9-5-2-6-10-17/h1-15H,(H,26,27). The van der Waals surface area contributed by atoms with Crippen LogP contribution < -0.4 is 5.32 Å². The van der Waals surface area contributed by atoms with E-state index >= 15 is 0 Å². The molecule has 0 fully saturated rings. The number of fused-ring (bicyclic) bond motifs is 1. The summed E-state index contributed by atoms with van der Waals surface area (Å²) in [5.74, 6) is 0.574. The molecule has 5 aromatic rings. The number of benzene rings is 3. The number of aromatic nitrogens is 1. The van der Waals surface area contributed by atoms with Gasteiger partial charge in [-0.3, -0.25) is 10.1 Å². The zero-order valence-corrected chi connectivity index (χ0v) is 16.1. The zero-order chi connectivity index (χ0) is 19.6. The summed E-state index contributed by atoms with van der Waals surface area (Å²) in [6, 6.07) is 25.0. The number of carbonyl (C=O) groups is 1. The lowest BCUT2D eigenvalue weighted by Gasteiger charge is -2.05. The van der Waals surface area contributed by atoms with Crippen molar-refractivity contribution >= 4 is 33.9 Å². The second-order valence-electron chi connectivity index (χ2n) is 6.60. The SMILES string of the molecule is O=C(Nc1oc(-c2ccccc2)nc1-c1ccccc1)c1ccc2cscc2c1. The average Bonchev–Trinajstić information content (AvgIpc) is 3.41. The number of nitrogens with zero attached hydrogens (tertiary/aromatic N) is 1. The Bertz CT molecular complexity index is 1290. The molecule has 1 N–H and O–H groups in total. The lowest BCUT2D eigenvalue weighted by atomic mass is 10.1. The summed E-state index contributed by atoms with van der Waals surface area (Å²) in [5.41, 5.74) is 2.91. The largest absolute Gasteiger partial charge is 0.420 e. The Kier molecular flexibility index (Phi) is 4.42. The number of rotatable bonds is 4. The van der Waals surface area contributed by atoms with E-state index in [2.05, 4.69) is 15.7 Å². The maximum atomic E-state index is 12.9. The van der Waals surface area contributed by atoms with Gasteiger partial charge in [-0.1, -0.05) is 54.6 Å². The Morgan fingerprint density at radius 1 is 0.828 bits per heavy atom. The Hall–Kier alpha value is -3.70. The van der Waals surface area contributed by atoms with Crippen LogP contribution in [0.4, 0.5) is 5.88 Å². The van der Waals surface area contributed by atoms with E-state index in [-0.39, 0.29) is 5.91 Å². The monoisotopic (exact) mass is 396 g/mol. The molecule has 5 rings (SSSR count). The number of anilines is 1. The van der Waals surface area contributed by atoms with Crippen LogP contribution in [0.25, 0.3) is 33.5 Å². The fourth-order valence-corrected chi connectivity index (χ4v) is 3.96. The molecule has 0 unspecified atom stereocenters. The molecule has 0 aliphatic rings. The summed E-state index contributed by atoms with van der Waals surface area (Å²) in [6.07, 6.45) is 0. The first kappa shape index (κ1) is 17.4. The number of oxazole rings is 1. The molecule has 0 spiro atoms. The van der Waals surface area contributed by atoms with Gasteiger partial charge in [0.2, 0.25) is 11.8 Å². The topological polar surface area (TPSA) is 55.1 Å². The highest BCUT2D eigenvalue weighted by atomic mass is 32.1. The van der Waals surface area contributed by atoms with Gasteiger partial charge in [0.05, 0.1) is 0 Å². The van der Waals surface area contributed by atoms with E-state index in [0.29, 0.717) is 23.0 Å². The minimum atomic E-state index is -0.231. The molecule has 0 aliphatic heterocycles. The average molecular weight is 396 g/mol. The molecule has 4 nitrogen and oxygen atoms in total. The molecule has 0 saturated heterocycles. The highest BCUT2D eigenvalue weighted by Gasteiger charge is 2.19. The molecule has 0 aliphatic carbocycles. The molecule has 140 valence electrons. The van der Waals surface area contributed by atoms with E-state index in [1.54, 1.807) is 11.3 Å². The number of amides is 1. The van der Waals surface area contributed by atoms with Crippen molar-refractivity contribution in [3.05, 3.63) is 95.2 Å². The lowest BCUT2D eigenvalue weighted by molar-refractivity contribution is 0.102. The highest BCUT2D eigenvalue weighted by Crippen LogP contribution is 2.33. The van der Waals surface area contributed by atoms with Gasteiger partial charge in [0, 0.05) is 16.7 Å². The van der Waals surface area contributed by atoms with E-state index in [0.717, 1.165) is 21.9 Å². The highest BCUT2D eigenvalue weighted by molar-refractivity contribution is 7.09. The zero-order valence-electron chi connectivity index (χ0n) is 15.3. The fraction of sp³-hybridized carbons (Fsp3) is 0. The minimum absolute atomic E-state index is 0.231. The molecular weight excluding hydrogens is 380 g/mol. The second-order valence-corrected chi connectivity index (χ2v) is 7.34. The van der Waals surface area contributed by atoms with Crippen molar-refractivity contribution in [2.24, 2.45) is 0 Å². The van der Waals surface area contributed by atoms with Crippen LogP contribution in [0.1, 0.15) is 10.4 Å². The number of hydrogen-bond donors (Lipinski definition) is 1. The molecule has 0 bridgehead atoms. The van der Waals surface area contributed by atoms with Gasteiger partial charge in [0.1, 0.15) is 5.69 Å². The second kappa shape index (κ2) is 7.37. The van der Waals surface area contributed by atoms with Crippen molar-refractivity contribution < 1.29 is 9.21 Å². The van der Waals surface area contributed by atoms with E-state index in [9.17, 15) is 4.79 Å². The molecule has 3 aromatic carbocycles. The van der Waals surface area contributed by atoms with Gasteiger partial charge < -0.3 is 4.42 Å². The summed E-state index contributed by atoms with van der Waals surface area (Å²) < 4.78 is 5.98. The van der Waals surface area contributed by atoms with Crippen LogP contribution in [0.15, 0.2) is 94.0 Å². The maximum Gasteiger partial charge on any atom is 0.258 e. The molecule has 2 heterocycles. The molecule has 5 heteroatoms. The third-order valence-corrected chi connectivity index (χ3v) is 5.44. The Labute approximate surface area is 171 Å². The number of hydrogen-bond acceptors (Lipinski definition) is 4. The van der Waals surface area contributed by atoms with Crippen LogP contribution in [-0.2, 0) is 0 Å². The van der Waals surface area contributed by atoms with Gasteiger partial charge >= 0.3 is 0 Å². The van der Waals surface area contributed by atoms with E-state index in [4.69, 9.17) is 4.42 Å². The molecule has 1 amide bonds. The first-order valence-corrected chi connectivity index (χ1v) is 10.1.